The van der Waals surface area contributed by atoms with Crippen LogP contribution in [0.15, 0.2) is 32.6 Å². The van der Waals surface area contributed by atoms with E-state index < -0.39 is 21.7 Å². The number of carbonyl (C=O) groups excluding carboxylic acids is 1. The molecule has 1 saturated heterocycles. The fraction of sp³-hybridized carbons (Fsp3) is 0.385. The van der Waals surface area contributed by atoms with Gasteiger partial charge in [-0.25, -0.2) is 13.1 Å². The summed E-state index contributed by atoms with van der Waals surface area (Å²) >= 11 is 4.62. The Balaban J connectivity index is 2.05. The van der Waals surface area contributed by atoms with Crippen LogP contribution in [0.2, 0.25) is 0 Å². The van der Waals surface area contributed by atoms with E-state index in [-0.39, 0.29) is 4.90 Å². The number of carbonyl (C=O) groups is 1. The van der Waals surface area contributed by atoms with Gasteiger partial charge in [-0.2, -0.15) is 0 Å². The van der Waals surface area contributed by atoms with Gasteiger partial charge < -0.3 is 10.0 Å². The second-order valence-corrected chi connectivity index (χ2v) is 8.68. The number of thioether (sulfide) groups is 1. The number of halogens is 1. The number of fused-ring (bicyclic) bond motifs is 1. The Morgan fingerprint density at radius 2 is 2.26 bits per heavy atom. The molecule has 23 heavy (non-hydrogen) atoms. The first-order chi connectivity index (χ1) is 10.7. The molecule has 1 unspecified atom stereocenters. The fourth-order valence-corrected chi connectivity index (χ4v) is 5.79. The average molecular weight is 420 g/mol. The highest BCUT2D eigenvalue weighted by Crippen LogP contribution is 2.41. The summed E-state index contributed by atoms with van der Waals surface area (Å²) in [6.45, 7) is 2.32. The highest BCUT2D eigenvalue weighted by molar-refractivity contribution is 9.10. The van der Waals surface area contributed by atoms with Crippen LogP contribution >= 0.6 is 27.7 Å². The number of nitrogens with zero attached hydrogens (tertiary/aromatic N) is 2. The molecule has 1 atom stereocenters. The summed E-state index contributed by atoms with van der Waals surface area (Å²) in [6.07, 6.45) is 0. The van der Waals surface area contributed by atoms with Crippen molar-refractivity contribution < 1.29 is 18.3 Å². The van der Waals surface area contributed by atoms with Gasteiger partial charge in [0.05, 0.1) is 12.3 Å². The quantitative estimate of drug-likeness (QED) is 0.752. The maximum atomic E-state index is 12.3. The van der Waals surface area contributed by atoms with Crippen molar-refractivity contribution in [2.75, 3.05) is 18.8 Å². The third-order valence-corrected chi connectivity index (χ3v) is 7.19. The van der Waals surface area contributed by atoms with Crippen LogP contribution in [-0.4, -0.2) is 48.3 Å². The topological polar surface area (TPSA) is 99.1 Å². The first-order valence-corrected chi connectivity index (χ1v) is 10.0. The molecule has 0 bridgehead atoms. The monoisotopic (exact) mass is 419 g/mol. The van der Waals surface area contributed by atoms with E-state index in [1.165, 1.54) is 17.8 Å². The maximum absolute atomic E-state index is 12.3. The van der Waals surface area contributed by atoms with E-state index in [1.54, 1.807) is 17.0 Å². The van der Waals surface area contributed by atoms with Gasteiger partial charge in [0.25, 0.3) is 10.0 Å². The number of amides is 1. The molecule has 0 aromatic heterocycles. The predicted molar refractivity (Wildman–Crippen MR) is 90.5 cm³/mol. The third-order valence-electron chi connectivity index (χ3n) is 3.61. The number of rotatable bonds is 3. The predicted octanol–water partition coefficient (Wildman–Crippen LogP) is 0.837. The summed E-state index contributed by atoms with van der Waals surface area (Å²) in [5.41, 5.74) is -0.856. The van der Waals surface area contributed by atoms with Crippen molar-refractivity contribution >= 4 is 48.8 Å². The lowest BCUT2D eigenvalue weighted by Gasteiger charge is -2.32. The molecule has 3 rings (SSSR count). The standard InChI is InChI=1S/C13H14BrN3O4S2/c1-8(18)16-23(20,21)11-6-9(2-3-10(11)14)13(19)7-22-12-15-4-5-17(12)13/h2-3,6,19H,4-5,7H2,1H3,(H,16,18). The zero-order valence-corrected chi connectivity index (χ0v) is 15.3. The molecule has 1 amide bonds. The Morgan fingerprint density at radius 1 is 1.52 bits per heavy atom. The highest BCUT2D eigenvalue weighted by Gasteiger charge is 2.46. The number of amidine groups is 1. The molecule has 124 valence electrons. The molecule has 2 aliphatic rings. The van der Waals surface area contributed by atoms with E-state index >= 15 is 0 Å². The van der Waals surface area contributed by atoms with Crippen molar-refractivity contribution in [1.82, 2.24) is 9.62 Å². The molecule has 0 aliphatic carbocycles. The minimum atomic E-state index is -4.00. The second-order valence-electron chi connectivity index (χ2n) is 5.23. The zero-order valence-electron chi connectivity index (χ0n) is 12.1. The van der Waals surface area contributed by atoms with E-state index in [2.05, 4.69) is 20.9 Å². The van der Waals surface area contributed by atoms with E-state index in [4.69, 9.17) is 0 Å². The molecule has 2 heterocycles. The Labute approximate surface area is 146 Å². The Kier molecular flexibility index (Phi) is 4.20. The minimum Gasteiger partial charge on any atom is -0.366 e. The molecular formula is C13H14BrN3O4S2. The molecule has 1 fully saturated rings. The smallest absolute Gasteiger partial charge is 0.265 e. The van der Waals surface area contributed by atoms with E-state index in [9.17, 15) is 18.3 Å². The zero-order chi connectivity index (χ0) is 16.8. The van der Waals surface area contributed by atoms with E-state index in [1.807, 2.05) is 4.72 Å². The molecule has 2 N–H and O–H groups in total. The molecular weight excluding hydrogens is 406 g/mol. The summed E-state index contributed by atoms with van der Waals surface area (Å²) < 4.78 is 26.8. The molecule has 0 saturated carbocycles. The Hall–Kier alpha value is -1.10. The van der Waals surface area contributed by atoms with Crippen molar-refractivity contribution in [2.45, 2.75) is 17.5 Å². The van der Waals surface area contributed by atoms with E-state index in [0.717, 1.165) is 12.1 Å². The van der Waals surface area contributed by atoms with Gasteiger partial charge in [0, 0.05) is 23.5 Å². The van der Waals surface area contributed by atoms with Gasteiger partial charge in [0.2, 0.25) is 5.91 Å². The van der Waals surface area contributed by atoms with Gasteiger partial charge >= 0.3 is 0 Å². The maximum Gasteiger partial charge on any atom is 0.265 e. The molecule has 0 radical (unpaired) electrons. The van der Waals surface area contributed by atoms with Crippen molar-refractivity contribution in [2.24, 2.45) is 4.99 Å². The number of aliphatic imine (C=N–C) groups is 1. The summed E-state index contributed by atoms with van der Waals surface area (Å²) in [4.78, 5) is 17.1. The summed E-state index contributed by atoms with van der Waals surface area (Å²) in [6, 6.07) is 4.60. The first-order valence-electron chi connectivity index (χ1n) is 6.75. The van der Waals surface area contributed by atoms with Gasteiger partial charge in [-0.05, 0) is 28.1 Å². The van der Waals surface area contributed by atoms with Crippen molar-refractivity contribution in [3.63, 3.8) is 0 Å². The summed E-state index contributed by atoms with van der Waals surface area (Å²) in [7, 11) is -4.00. The van der Waals surface area contributed by atoms with Crippen molar-refractivity contribution in [3.05, 3.63) is 28.2 Å². The van der Waals surface area contributed by atoms with Crippen molar-refractivity contribution in [1.29, 1.82) is 0 Å². The van der Waals surface area contributed by atoms with E-state index in [0.29, 0.717) is 28.9 Å². The van der Waals surface area contributed by atoms with Crippen LogP contribution in [0.5, 0.6) is 0 Å². The van der Waals surface area contributed by atoms with Crippen LogP contribution < -0.4 is 4.72 Å². The summed E-state index contributed by atoms with van der Waals surface area (Å²) in [5, 5.41) is 11.8. The molecule has 7 nitrogen and oxygen atoms in total. The lowest BCUT2D eigenvalue weighted by Crippen LogP contribution is -2.44. The number of benzene rings is 1. The Bertz CT molecular complexity index is 811. The lowest BCUT2D eigenvalue weighted by atomic mass is 10.0. The molecule has 1 aromatic rings. The van der Waals surface area contributed by atoms with Crippen LogP contribution in [0, 0.1) is 0 Å². The van der Waals surface area contributed by atoms with Gasteiger partial charge in [-0.1, -0.05) is 17.8 Å². The fourth-order valence-electron chi connectivity index (χ4n) is 2.58. The van der Waals surface area contributed by atoms with Crippen LogP contribution in [-0.2, 0) is 20.5 Å². The Morgan fingerprint density at radius 3 is 2.96 bits per heavy atom. The van der Waals surface area contributed by atoms with Crippen LogP contribution in [0.3, 0.4) is 0 Å². The lowest BCUT2D eigenvalue weighted by molar-refractivity contribution is -0.117. The van der Waals surface area contributed by atoms with Gasteiger partial charge in [-0.15, -0.1) is 0 Å². The third kappa shape index (κ3) is 2.88. The molecule has 10 heteroatoms. The number of aliphatic hydroxyl groups is 1. The van der Waals surface area contributed by atoms with Gasteiger partial charge in [0.15, 0.2) is 10.9 Å². The molecule has 0 spiro atoms. The normalized spacial score (nSPS) is 23.6. The van der Waals surface area contributed by atoms with Crippen LogP contribution in [0.1, 0.15) is 12.5 Å². The number of hydrogen-bond donors (Lipinski definition) is 2. The van der Waals surface area contributed by atoms with Crippen molar-refractivity contribution in [3.8, 4) is 0 Å². The minimum absolute atomic E-state index is 0.0896. The van der Waals surface area contributed by atoms with Gasteiger partial charge in [0.1, 0.15) is 4.90 Å². The largest absolute Gasteiger partial charge is 0.366 e. The van der Waals surface area contributed by atoms with Crippen LogP contribution in [0.25, 0.3) is 0 Å². The highest BCUT2D eigenvalue weighted by atomic mass is 79.9. The number of hydrogen-bond acceptors (Lipinski definition) is 7. The number of nitrogens with one attached hydrogen (secondary N) is 1. The van der Waals surface area contributed by atoms with Gasteiger partial charge in [-0.3, -0.25) is 9.79 Å². The molecule has 1 aromatic carbocycles. The SMILES string of the molecule is CC(=O)NS(=O)(=O)c1cc(C2(O)CSC3=NCCN32)ccc1Br. The summed E-state index contributed by atoms with van der Waals surface area (Å²) in [5.74, 6) is -0.306. The van der Waals surface area contributed by atoms with Crippen LogP contribution in [0.4, 0.5) is 0 Å². The average Bonchev–Trinajstić information content (AvgIpc) is 3.03. The first kappa shape index (κ1) is 16.7. The second kappa shape index (κ2) is 5.76. The number of sulfonamides is 1. The molecule has 2 aliphatic heterocycles.